The van der Waals surface area contributed by atoms with E-state index in [2.05, 4.69) is 5.32 Å². The number of nitrogens with one attached hydrogen (secondary N) is 1. The smallest absolute Gasteiger partial charge is 0.227 e. The van der Waals surface area contributed by atoms with Gasteiger partial charge in [-0.1, -0.05) is 0 Å². The van der Waals surface area contributed by atoms with Gasteiger partial charge < -0.3 is 10.2 Å². The Hall–Kier alpha value is -0.900. The van der Waals surface area contributed by atoms with Crippen LogP contribution in [0.25, 0.3) is 0 Å². The van der Waals surface area contributed by atoms with Crippen molar-refractivity contribution >= 4 is 11.7 Å². The summed E-state index contributed by atoms with van der Waals surface area (Å²) in [4.78, 5) is 24.1. The number of rotatable bonds is 3. The van der Waals surface area contributed by atoms with Crippen LogP contribution in [0.3, 0.4) is 0 Å². The first-order valence-electron chi connectivity index (χ1n) is 4.53. The van der Waals surface area contributed by atoms with E-state index in [4.69, 9.17) is 0 Å². The summed E-state index contributed by atoms with van der Waals surface area (Å²) in [6.45, 7) is 0.901. The molecule has 0 saturated carbocycles. The molecule has 1 aliphatic heterocycles. The van der Waals surface area contributed by atoms with Crippen LogP contribution in [-0.2, 0) is 9.59 Å². The molecule has 0 radical (unpaired) electrons. The lowest BCUT2D eigenvalue weighted by Gasteiger charge is -2.23. The van der Waals surface area contributed by atoms with Crippen LogP contribution in [0.2, 0.25) is 0 Å². The molecule has 0 aromatic rings. The van der Waals surface area contributed by atoms with Crippen molar-refractivity contribution in [3.05, 3.63) is 0 Å². The number of hydrogen-bond acceptors (Lipinski definition) is 3. The SMILES string of the molecule is CN(C)CCC1CC(=O)CC(=O)N1. The molecule has 1 aliphatic rings. The maximum Gasteiger partial charge on any atom is 0.227 e. The summed E-state index contributed by atoms with van der Waals surface area (Å²) in [5.74, 6) is -0.0625. The number of amides is 1. The van der Waals surface area contributed by atoms with E-state index in [0.717, 1.165) is 13.0 Å². The van der Waals surface area contributed by atoms with E-state index in [1.807, 2.05) is 19.0 Å². The lowest BCUT2D eigenvalue weighted by molar-refractivity contribution is -0.132. The van der Waals surface area contributed by atoms with E-state index >= 15 is 0 Å². The van der Waals surface area contributed by atoms with Gasteiger partial charge in [-0.05, 0) is 27.1 Å². The van der Waals surface area contributed by atoms with Crippen molar-refractivity contribution in [1.29, 1.82) is 0 Å². The van der Waals surface area contributed by atoms with Gasteiger partial charge in [-0.25, -0.2) is 0 Å². The zero-order chi connectivity index (χ0) is 9.84. The Morgan fingerprint density at radius 3 is 2.69 bits per heavy atom. The van der Waals surface area contributed by atoms with Crippen molar-refractivity contribution < 1.29 is 9.59 Å². The highest BCUT2D eigenvalue weighted by molar-refractivity contribution is 6.00. The Bertz CT molecular complexity index is 198. The molecule has 4 nitrogen and oxygen atoms in total. The van der Waals surface area contributed by atoms with Crippen molar-refractivity contribution in [3.8, 4) is 0 Å². The predicted octanol–water partition coefficient (Wildman–Crippen LogP) is -0.214. The van der Waals surface area contributed by atoms with Crippen molar-refractivity contribution in [3.63, 3.8) is 0 Å². The average molecular weight is 184 g/mol. The van der Waals surface area contributed by atoms with Crippen molar-refractivity contribution in [2.45, 2.75) is 25.3 Å². The molecule has 1 amide bonds. The summed E-state index contributed by atoms with van der Waals surface area (Å²) >= 11 is 0. The van der Waals surface area contributed by atoms with E-state index < -0.39 is 0 Å². The molecule has 0 aromatic heterocycles. The lowest BCUT2D eigenvalue weighted by atomic mass is 10.0. The monoisotopic (exact) mass is 184 g/mol. The summed E-state index contributed by atoms with van der Waals surface area (Å²) in [6, 6.07) is 0.0520. The highest BCUT2D eigenvalue weighted by Gasteiger charge is 2.23. The molecule has 74 valence electrons. The van der Waals surface area contributed by atoms with Crippen LogP contribution < -0.4 is 5.32 Å². The van der Waals surface area contributed by atoms with Gasteiger partial charge in [0.1, 0.15) is 5.78 Å². The van der Waals surface area contributed by atoms with Gasteiger partial charge in [0.2, 0.25) is 5.91 Å². The number of Topliss-reactive ketones (excluding diaryl/α,β-unsaturated/α-hetero) is 1. The molecule has 0 aromatic carbocycles. The molecule has 13 heavy (non-hydrogen) atoms. The molecule has 0 bridgehead atoms. The van der Waals surface area contributed by atoms with Crippen LogP contribution >= 0.6 is 0 Å². The molecule has 4 heteroatoms. The maximum absolute atomic E-state index is 11.1. The average Bonchev–Trinajstić information content (AvgIpc) is 1.99. The van der Waals surface area contributed by atoms with Gasteiger partial charge in [-0.15, -0.1) is 0 Å². The summed E-state index contributed by atoms with van der Waals surface area (Å²) < 4.78 is 0. The van der Waals surface area contributed by atoms with E-state index in [9.17, 15) is 9.59 Å². The molecule has 1 fully saturated rings. The quantitative estimate of drug-likeness (QED) is 0.617. The minimum absolute atomic E-state index is 0.0520. The van der Waals surface area contributed by atoms with E-state index in [1.165, 1.54) is 0 Å². The van der Waals surface area contributed by atoms with Gasteiger partial charge in [-0.2, -0.15) is 0 Å². The van der Waals surface area contributed by atoms with Gasteiger partial charge in [-0.3, -0.25) is 9.59 Å². The minimum atomic E-state index is -0.125. The third-order valence-corrected chi connectivity index (χ3v) is 2.12. The second-order valence-corrected chi connectivity index (χ2v) is 3.78. The third kappa shape index (κ3) is 3.55. The molecule has 1 saturated heterocycles. The van der Waals surface area contributed by atoms with Crippen molar-refractivity contribution in [2.24, 2.45) is 0 Å². The second-order valence-electron chi connectivity index (χ2n) is 3.78. The van der Waals surface area contributed by atoms with Crippen molar-refractivity contribution in [2.75, 3.05) is 20.6 Å². The van der Waals surface area contributed by atoms with Gasteiger partial charge in [0.05, 0.1) is 6.42 Å². The first-order chi connectivity index (χ1) is 6.08. The first kappa shape index (κ1) is 10.2. The van der Waals surface area contributed by atoms with Crippen LogP contribution in [0, 0.1) is 0 Å². The Balaban J connectivity index is 2.33. The number of piperidine rings is 1. The van der Waals surface area contributed by atoms with E-state index in [-0.39, 0.29) is 24.2 Å². The third-order valence-electron chi connectivity index (χ3n) is 2.12. The normalized spacial score (nSPS) is 23.5. The summed E-state index contributed by atoms with van der Waals surface area (Å²) in [7, 11) is 3.96. The maximum atomic E-state index is 11.1. The van der Waals surface area contributed by atoms with Crippen LogP contribution in [0.4, 0.5) is 0 Å². The number of carbonyl (C=O) groups excluding carboxylic acids is 2. The molecule has 0 spiro atoms. The molecule has 0 aliphatic carbocycles. The molecular weight excluding hydrogens is 168 g/mol. The highest BCUT2D eigenvalue weighted by Crippen LogP contribution is 2.07. The summed E-state index contributed by atoms with van der Waals surface area (Å²) in [6.07, 6.45) is 1.42. The summed E-state index contributed by atoms with van der Waals surface area (Å²) in [5, 5.41) is 2.82. The molecule has 1 unspecified atom stereocenters. The first-order valence-corrected chi connectivity index (χ1v) is 4.53. The zero-order valence-corrected chi connectivity index (χ0v) is 8.17. The van der Waals surface area contributed by atoms with E-state index in [1.54, 1.807) is 0 Å². The largest absolute Gasteiger partial charge is 0.352 e. The summed E-state index contributed by atoms with van der Waals surface area (Å²) in [5.41, 5.74) is 0. The molecule has 1 atom stereocenters. The van der Waals surface area contributed by atoms with Gasteiger partial charge in [0, 0.05) is 12.5 Å². The van der Waals surface area contributed by atoms with E-state index in [0.29, 0.717) is 6.42 Å². The molecule has 1 N–H and O–H groups in total. The number of nitrogens with zero attached hydrogens (tertiary/aromatic N) is 1. The fraction of sp³-hybridized carbons (Fsp3) is 0.778. The van der Waals surface area contributed by atoms with Crippen LogP contribution in [0.15, 0.2) is 0 Å². The van der Waals surface area contributed by atoms with Crippen molar-refractivity contribution in [1.82, 2.24) is 10.2 Å². The topological polar surface area (TPSA) is 49.4 Å². The Labute approximate surface area is 78.3 Å². The highest BCUT2D eigenvalue weighted by atomic mass is 16.2. The molecular formula is C9H16N2O2. The van der Waals surface area contributed by atoms with Gasteiger partial charge in [0.15, 0.2) is 0 Å². The fourth-order valence-electron chi connectivity index (χ4n) is 1.44. The Kier molecular flexibility index (Phi) is 3.42. The van der Waals surface area contributed by atoms with Crippen LogP contribution in [0.5, 0.6) is 0 Å². The minimum Gasteiger partial charge on any atom is -0.352 e. The number of carbonyl (C=O) groups is 2. The molecule has 1 rings (SSSR count). The van der Waals surface area contributed by atoms with Gasteiger partial charge >= 0.3 is 0 Å². The second kappa shape index (κ2) is 4.37. The number of hydrogen-bond donors (Lipinski definition) is 1. The predicted molar refractivity (Wildman–Crippen MR) is 49.3 cm³/mol. The van der Waals surface area contributed by atoms with Crippen LogP contribution in [-0.4, -0.2) is 43.3 Å². The Morgan fingerprint density at radius 2 is 2.15 bits per heavy atom. The number of ketones is 1. The van der Waals surface area contributed by atoms with Gasteiger partial charge in [0.25, 0.3) is 0 Å². The lowest BCUT2D eigenvalue weighted by Crippen LogP contribution is -2.43. The standard InChI is InChI=1S/C9H16N2O2/c1-11(2)4-3-7-5-8(12)6-9(13)10-7/h7H,3-6H2,1-2H3,(H,10,13). The van der Waals surface area contributed by atoms with Crippen LogP contribution in [0.1, 0.15) is 19.3 Å². The zero-order valence-electron chi connectivity index (χ0n) is 8.17. The molecule has 1 heterocycles. The fourth-order valence-corrected chi connectivity index (χ4v) is 1.44. The Morgan fingerprint density at radius 1 is 1.46 bits per heavy atom.